The Labute approximate surface area is 190 Å². The number of aliphatic hydroxyl groups excluding tert-OH is 3. The van der Waals surface area contributed by atoms with E-state index in [9.17, 15) is 20.1 Å². The highest BCUT2D eigenvalue weighted by molar-refractivity contribution is 5.92. The monoisotopic (exact) mass is 460 g/mol. The molecule has 2 fully saturated rings. The standard InChI is InChI=1S/C22H40N2O8/c1-5-29-20-9-17(27)15(12-30-21-8-16(26)14(4)19(11-25)32-21)18(31-20)10-23-6-7-24-22(28)13(2)3/h14-21,23,25-27H,2,5-12H2,1,3-4H3,(H,24,28)/t14-,15-,16+,17+,18+,19+,20-,21-/m0/s1. The van der Waals surface area contributed by atoms with Crippen LogP contribution in [-0.4, -0.2) is 97.7 Å². The van der Waals surface area contributed by atoms with Crippen LogP contribution in [0.15, 0.2) is 12.2 Å². The van der Waals surface area contributed by atoms with Gasteiger partial charge in [0, 0.05) is 56.5 Å². The van der Waals surface area contributed by atoms with Crippen molar-refractivity contribution in [1.29, 1.82) is 0 Å². The van der Waals surface area contributed by atoms with Crippen LogP contribution in [0.4, 0.5) is 0 Å². The van der Waals surface area contributed by atoms with E-state index in [0.29, 0.717) is 44.7 Å². The summed E-state index contributed by atoms with van der Waals surface area (Å²) in [5, 5.41) is 36.4. The maximum Gasteiger partial charge on any atom is 0.246 e. The lowest BCUT2D eigenvalue weighted by Crippen LogP contribution is -2.52. The third-order valence-corrected chi connectivity index (χ3v) is 6.01. The molecule has 0 aromatic rings. The molecule has 0 bridgehead atoms. The molecule has 0 saturated carbocycles. The van der Waals surface area contributed by atoms with Crippen molar-refractivity contribution in [3.63, 3.8) is 0 Å². The smallest absolute Gasteiger partial charge is 0.246 e. The number of hydrogen-bond acceptors (Lipinski definition) is 9. The van der Waals surface area contributed by atoms with E-state index in [1.54, 1.807) is 6.92 Å². The van der Waals surface area contributed by atoms with Gasteiger partial charge in [0.15, 0.2) is 12.6 Å². The minimum absolute atomic E-state index is 0.169. The third-order valence-electron chi connectivity index (χ3n) is 6.01. The van der Waals surface area contributed by atoms with Crippen molar-refractivity contribution in [2.24, 2.45) is 11.8 Å². The molecule has 0 aromatic heterocycles. The SMILES string of the molecule is C=C(C)C(=O)NCCNC[C@H]1O[C@H](OCC)C[C@@H](O)[C@@H]1CO[C@@H]1C[C@@H](O)[C@H](C)[C@@H](CO)O1. The Morgan fingerprint density at radius 3 is 2.41 bits per heavy atom. The summed E-state index contributed by atoms with van der Waals surface area (Å²) in [6, 6.07) is 0. The minimum Gasteiger partial charge on any atom is -0.394 e. The number of aliphatic hydroxyl groups is 3. The van der Waals surface area contributed by atoms with E-state index in [-0.39, 0.29) is 37.1 Å². The fourth-order valence-electron chi connectivity index (χ4n) is 3.91. The normalized spacial score (nSPS) is 35.4. The topological polar surface area (TPSA) is 139 Å². The van der Waals surface area contributed by atoms with Crippen LogP contribution in [0.1, 0.15) is 33.6 Å². The average molecular weight is 461 g/mol. The molecule has 2 aliphatic heterocycles. The molecule has 1 amide bonds. The van der Waals surface area contributed by atoms with Gasteiger partial charge in [0.1, 0.15) is 0 Å². The Morgan fingerprint density at radius 1 is 1.09 bits per heavy atom. The fourth-order valence-corrected chi connectivity index (χ4v) is 3.91. The summed E-state index contributed by atoms with van der Waals surface area (Å²) in [5.41, 5.74) is 0.452. The summed E-state index contributed by atoms with van der Waals surface area (Å²) in [4.78, 5) is 11.6. The first kappa shape index (κ1) is 27.1. The molecule has 0 aromatic carbocycles. The van der Waals surface area contributed by atoms with Crippen molar-refractivity contribution in [3.05, 3.63) is 12.2 Å². The molecule has 2 heterocycles. The molecule has 2 aliphatic rings. The van der Waals surface area contributed by atoms with E-state index in [0.717, 1.165) is 0 Å². The van der Waals surface area contributed by atoms with Crippen LogP contribution in [0.5, 0.6) is 0 Å². The molecule has 186 valence electrons. The van der Waals surface area contributed by atoms with Gasteiger partial charge in [0.25, 0.3) is 0 Å². The van der Waals surface area contributed by atoms with Crippen LogP contribution in [0.3, 0.4) is 0 Å². The highest BCUT2D eigenvalue weighted by Crippen LogP contribution is 2.30. The Kier molecular flexibility index (Phi) is 11.5. The van der Waals surface area contributed by atoms with Gasteiger partial charge in [-0.3, -0.25) is 4.79 Å². The molecule has 0 spiro atoms. The number of nitrogens with one attached hydrogen (secondary N) is 2. The average Bonchev–Trinajstić information content (AvgIpc) is 2.75. The largest absolute Gasteiger partial charge is 0.394 e. The molecule has 8 atom stereocenters. The number of amides is 1. The maximum atomic E-state index is 11.6. The quantitative estimate of drug-likeness (QED) is 0.193. The van der Waals surface area contributed by atoms with E-state index in [2.05, 4.69) is 17.2 Å². The van der Waals surface area contributed by atoms with Gasteiger partial charge in [0.05, 0.1) is 37.6 Å². The predicted octanol–water partition coefficient (Wildman–Crippen LogP) is -0.482. The molecule has 10 nitrogen and oxygen atoms in total. The molecule has 2 saturated heterocycles. The third kappa shape index (κ3) is 8.03. The zero-order chi connectivity index (χ0) is 23.7. The van der Waals surface area contributed by atoms with Gasteiger partial charge >= 0.3 is 0 Å². The van der Waals surface area contributed by atoms with Gasteiger partial charge in [-0.1, -0.05) is 13.5 Å². The first-order valence-corrected chi connectivity index (χ1v) is 11.4. The second-order valence-corrected chi connectivity index (χ2v) is 8.55. The summed E-state index contributed by atoms with van der Waals surface area (Å²) in [6.07, 6.45) is -2.75. The molecule has 10 heteroatoms. The molecular formula is C22H40N2O8. The Hall–Kier alpha value is -1.11. The summed E-state index contributed by atoms with van der Waals surface area (Å²) in [5.74, 6) is -0.710. The number of rotatable bonds is 12. The second-order valence-electron chi connectivity index (χ2n) is 8.55. The predicted molar refractivity (Wildman–Crippen MR) is 117 cm³/mol. The van der Waals surface area contributed by atoms with Crippen molar-refractivity contribution in [2.75, 3.05) is 39.5 Å². The van der Waals surface area contributed by atoms with Crippen LogP contribution in [0.25, 0.3) is 0 Å². The van der Waals surface area contributed by atoms with Gasteiger partial charge < -0.3 is 44.9 Å². The first-order chi connectivity index (χ1) is 15.3. The second kappa shape index (κ2) is 13.6. The van der Waals surface area contributed by atoms with E-state index < -0.39 is 30.9 Å². The highest BCUT2D eigenvalue weighted by Gasteiger charge is 2.40. The zero-order valence-corrected chi connectivity index (χ0v) is 19.4. The van der Waals surface area contributed by atoms with Crippen LogP contribution < -0.4 is 10.6 Å². The Morgan fingerprint density at radius 2 is 1.75 bits per heavy atom. The van der Waals surface area contributed by atoms with Gasteiger partial charge in [0.2, 0.25) is 5.91 Å². The molecule has 5 N–H and O–H groups in total. The van der Waals surface area contributed by atoms with Gasteiger partial charge in [-0.25, -0.2) is 0 Å². The van der Waals surface area contributed by atoms with Crippen molar-refractivity contribution in [2.45, 2.75) is 70.6 Å². The zero-order valence-electron chi connectivity index (χ0n) is 19.4. The molecule has 0 unspecified atom stereocenters. The van der Waals surface area contributed by atoms with Crippen molar-refractivity contribution in [3.8, 4) is 0 Å². The van der Waals surface area contributed by atoms with Crippen LogP contribution in [0, 0.1) is 11.8 Å². The minimum atomic E-state index is -0.698. The number of hydrogen-bond donors (Lipinski definition) is 5. The van der Waals surface area contributed by atoms with E-state index in [4.69, 9.17) is 18.9 Å². The van der Waals surface area contributed by atoms with E-state index in [1.807, 2.05) is 13.8 Å². The number of carbonyl (C=O) groups is 1. The van der Waals surface area contributed by atoms with E-state index in [1.165, 1.54) is 0 Å². The van der Waals surface area contributed by atoms with Crippen LogP contribution >= 0.6 is 0 Å². The molecular weight excluding hydrogens is 420 g/mol. The van der Waals surface area contributed by atoms with Crippen molar-refractivity contribution < 1.29 is 39.1 Å². The van der Waals surface area contributed by atoms with Crippen LogP contribution in [0.2, 0.25) is 0 Å². The summed E-state index contributed by atoms with van der Waals surface area (Å²) in [7, 11) is 0. The lowest BCUT2D eigenvalue weighted by Gasteiger charge is -2.41. The molecule has 0 aliphatic carbocycles. The lowest BCUT2D eigenvalue weighted by molar-refractivity contribution is -0.269. The fraction of sp³-hybridized carbons (Fsp3) is 0.864. The first-order valence-electron chi connectivity index (χ1n) is 11.4. The van der Waals surface area contributed by atoms with Crippen LogP contribution in [-0.2, 0) is 23.7 Å². The molecule has 2 rings (SSSR count). The maximum absolute atomic E-state index is 11.6. The summed E-state index contributed by atoms with van der Waals surface area (Å²) in [6.45, 7) is 10.8. The number of carbonyl (C=O) groups excluding carboxylic acids is 1. The van der Waals surface area contributed by atoms with Crippen molar-refractivity contribution in [1.82, 2.24) is 10.6 Å². The van der Waals surface area contributed by atoms with Gasteiger partial charge in [-0.15, -0.1) is 0 Å². The molecule has 32 heavy (non-hydrogen) atoms. The van der Waals surface area contributed by atoms with Crippen molar-refractivity contribution >= 4 is 5.91 Å². The van der Waals surface area contributed by atoms with E-state index >= 15 is 0 Å². The highest BCUT2D eigenvalue weighted by atomic mass is 16.7. The Balaban J connectivity index is 1.88. The molecule has 0 radical (unpaired) electrons. The Bertz CT molecular complexity index is 592. The summed E-state index contributed by atoms with van der Waals surface area (Å²) >= 11 is 0. The van der Waals surface area contributed by atoms with Gasteiger partial charge in [-0.05, 0) is 13.8 Å². The summed E-state index contributed by atoms with van der Waals surface area (Å²) < 4.78 is 23.2. The number of ether oxygens (including phenoxy) is 4. The van der Waals surface area contributed by atoms with Gasteiger partial charge in [-0.2, -0.15) is 0 Å². The lowest BCUT2D eigenvalue weighted by atomic mass is 9.90.